The molecule has 0 radical (unpaired) electrons. The summed E-state index contributed by atoms with van der Waals surface area (Å²) < 4.78 is 52.3. The highest BCUT2D eigenvalue weighted by Crippen LogP contribution is 2.24. The number of sulfone groups is 1. The van der Waals surface area contributed by atoms with Gasteiger partial charge >= 0.3 is 0 Å². The summed E-state index contributed by atoms with van der Waals surface area (Å²) in [5.41, 5.74) is 0. The van der Waals surface area contributed by atoms with Gasteiger partial charge in [0.05, 0.1) is 22.5 Å². The lowest BCUT2D eigenvalue weighted by Gasteiger charge is -2.14. The van der Waals surface area contributed by atoms with Gasteiger partial charge in [0.25, 0.3) is 10.1 Å². The van der Waals surface area contributed by atoms with Gasteiger partial charge in [-0.3, -0.25) is 4.18 Å². The summed E-state index contributed by atoms with van der Waals surface area (Å²) in [7, 11) is -7.62. The molecular formula is C14H14O6S2. The van der Waals surface area contributed by atoms with E-state index in [2.05, 4.69) is 0 Å². The van der Waals surface area contributed by atoms with Crippen molar-refractivity contribution in [2.45, 2.75) is 17.1 Å². The fourth-order valence-electron chi connectivity index (χ4n) is 2.43. The summed E-state index contributed by atoms with van der Waals surface area (Å²) in [5, 5.41) is 11.2. The van der Waals surface area contributed by atoms with Crippen molar-refractivity contribution in [3.63, 3.8) is 0 Å². The first-order valence-electron chi connectivity index (χ1n) is 6.57. The van der Waals surface area contributed by atoms with Gasteiger partial charge in [0.1, 0.15) is 6.10 Å². The Morgan fingerprint density at radius 2 is 1.73 bits per heavy atom. The summed E-state index contributed by atoms with van der Waals surface area (Å²) in [4.78, 5) is -0.0669. The van der Waals surface area contributed by atoms with Crippen LogP contribution >= 0.6 is 0 Å². The van der Waals surface area contributed by atoms with E-state index in [1.807, 2.05) is 12.1 Å². The molecule has 3 rings (SSSR count). The SMILES string of the molecule is O=S1(=O)C[C@@H](O)[C@@H](OS(=O)(=O)c2ccc3ccccc3c2)C1. The number of benzene rings is 2. The fraction of sp³-hybridized carbons (Fsp3) is 0.286. The zero-order valence-electron chi connectivity index (χ0n) is 11.4. The van der Waals surface area contributed by atoms with Gasteiger partial charge in [0, 0.05) is 0 Å². The molecule has 1 aliphatic rings. The predicted molar refractivity (Wildman–Crippen MR) is 80.7 cm³/mol. The number of aliphatic hydroxyl groups excluding tert-OH is 1. The summed E-state index contributed by atoms with van der Waals surface area (Å²) >= 11 is 0. The molecule has 0 amide bonds. The molecule has 8 heteroatoms. The van der Waals surface area contributed by atoms with Crippen molar-refractivity contribution in [2.24, 2.45) is 0 Å². The van der Waals surface area contributed by atoms with Crippen molar-refractivity contribution in [1.29, 1.82) is 0 Å². The molecule has 0 spiro atoms. The third-order valence-corrected chi connectivity index (χ3v) is 6.55. The van der Waals surface area contributed by atoms with E-state index in [-0.39, 0.29) is 4.90 Å². The van der Waals surface area contributed by atoms with E-state index in [1.54, 1.807) is 18.2 Å². The fourth-order valence-corrected chi connectivity index (χ4v) is 5.32. The zero-order chi connectivity index (χ0) is 16.0. The molecule has 0 bridgehead atoms. The molecule has 22 heavy (non-hydrogen) atoms. The van der Waals surface area contributed by atoms with Crippen LogP contribution in [-0.2, 0) is 24.1 Å². The van der Waals surface area contributed by atoms with E-state index in [1.165, 1.54) is 12.1 Å². The van der Waals surface area contributed by atoms with Crippen molar-refractivity contribution >= 4 is 30.7 Å². The molecule has 1 saturated heterocycles. The van der Waals surface area contributed by atoms with Gasteiger partial charge in [0.2, 0.25) is 0 Å². The maximum atomic E-state index is 12.3. The molecule has 2 aromatic carbocycles. The molecule has 2 aromatic rings. The third kappa shape index (κ3) is 3.00. The minimum absolute atomic E-state index is 0.0669. The first-order chi connectivity index (χ1) is 10.3. The van der Waals surface area contributed by atoms with E-state index in [4.69, 9.17) is 4.18 Å². The molecule has 0 aliphatic carbocycles. The van der Waals surface area contributed by atoms with Gasteiger partial charge < -0.3 is 5.11 Å². The molecule has 1 fully saturated rings. The van der Waals surface area contributed by atoms with Crippen LogP contribution in [-0.4, -0.2) is 45.7 Å². The van der Waals surface area contributed by atoms with Crippen LogP contribution in [0.15, 0.2) is 47.4 Å². The normalized spacial score (nSPS) is 24.6. The van der Waals surface area contributed by atoms with Crippen molar-refractivity contribution in [1.82, 2.24) is 0 Å². The van der Waals surface area contributed by atoms with Crippen LogP contribution in [0.1, 0.15) is 0 Å². The molecule has 0 aromatic heterocycles. The van der Waals surface area contributed by atoms with Crippen molar-refractivity contribution in [3.05, 3.63) is 42.5 Å². The van der Waals surface area contributed by atoms with Crippen LogP contribution in [0.25, 0.3) is 10.8 Å². The van der Waals surface area contributed by atoms with E-state index in [0.717, 1.165) is 10.8 Å². The van der Waals surface area contributed by atoms with E-state index in [9.17, 15) is 21.9 Å². The minimum Gasteiger partial charge on any atom is -0.389 e. The Bertz CT molecular complexity index is 917. The molecule has 1 heterocycles. The van der Waals surface area contributed by atoms with Crippen LogP contribution in [0, 0.1) is 0 Å². The Labute approximate surface area is 128 Å². The van der Waals surface area contributed by atoms with Crippen LogP contribution in [0.5, 0.6) is 0 Å². The molecule has 6 nitrogen and oxygen atoms in total. The first kappa shape index (κ1) is 15.4. The molecular weight excluding hydrogens is 328 g/mol. The number of hydrogen-bond acceptors (Lipinski definition) is 6. The topological polar surface area (TPSA) is 97.7 Å². The Kier molecular flexibility index (Phi) is 3.72. The monoisotopic (exact) mass is 342 g/mol. The minimum atomic E-state index is -4.14. The summed E-state index contributed by atoms with van der Waals surface area (Å²) in [5.74, 6) is -0.980. The highest BCUT2D eigenvalue weighted by Gasteiger charge is 2.40. The molecule has 118 valence electrons. The average Bonchev–Trinajstić information content (AvgIpc) is 2.70. The van der Waals surface area contributed by atoms with Crippen LogP contribution < -0.4 is 0 Å². The lowest BCUT2D eigenvalue weighted by Crippen LogP contribution is -2.29. The highest BCUT2D eigenvalue weighted by atomic mass is 32.2. The quantitative estimate of drug-likeness (QED) is 0.825. The number of rotatable bonds is 3. The molecule has 2 atom stereocenters. The summed E-state index contributed by atoms with van der Waals surface area (Å²) in [6.45, 7) is 0. The van der Waals surface area contributed by atoms with Gasteiger partial charge in [-0.2, -0.15) is 8.42 Å². The van der Waals surface area contributed by atoms with Gasteiger partial charge in [-0.15, -0.1) is 0 Å². The number of hydrogen-bond donors (Lipinski definition) is 1. The van der Waals surface area contributed by atoms with Gasteiger partial charge in [0.15, 0.2) is 9.84 Å². The highest BCUT2D eigenvalue weighted by molar-refractivity contribution is 7.91. The smallest absolute Gasteiger partial charge is 0.297 e. The molecule has 1 aliphatic heterocycles. The van der Waals surface area contributed by atoms with Gasteiger partial charge in [-0.1, -0.05) is 30.3 Å². The van der Waals surface area contributed by atoms with Crippen LogP contribution in [0.2, 0.25) is 0 Å². The standard InChI is InChI=1S/C14H14O6S2/c15-13-8-21(16,17)9-14(13)20-22(18,19)12-6-5-10-3-1-2-4-11(10)7-12/h1-7,13-15H,8-9H2/t13-,14+/m1/s1. The van der Waals surface area contributed by atoms with Gasteiger partial charge in [-0.05, 0) is 22.9 Å². The second-order valence-electron chi connectivity index (χ2n) is 5.24. The summed E-state index contributed by atoms with van der Waals surface area (Å²) in [6.07, 6.45) is -2.60. The van der Waals surface area contributed by atoms with Crippen molar-refractivity contribution in [3.8, 4) is 0 Å². The predicted octanol–water partition coefficient (Wildman–Crippen LogP) is 0.703. The number of aliphatic hydroxyl groups is 1. The Hall–Kier alpha value is -1.48. The Morgan fingerprint density at radius 1 is 1.05 bits per heavy atom. The van der Waals surface area contributed by atoms with Gasteiger partial charge in [-0.25, -0.2) is 8.42 Å². The molecule has 1 N–H and O–H groups in total. The first-order valence-corrected chi connectivity index (χ1v) is 9.80. The Morgan fingerprint density at radius 3 is 2.36 bits per heavy atom. The van der Waals surface area contributed by atoms with E-state index < -0.39 is 43.7 Å². The summed E-state index contributed by atoms with van der Waals surface area (Å²) in [6, 6.07) is 11.7. The average molecular weight is 342 g/mol. The maximum Gasteiger partial charge on any atom is 0.297 e. The van der Waals surface area contributed by atoms with E-state index >= 15 is 0 Å². The van der Waals surface area contributed by atoms with Crippen LogP contribution in [0.3, 0.4) is 0 Å². The molecule has 0 unspecified atom stereocenters. The Balaban J connectivity index is 1.92. The lowest BCUT2D eigenvalue weighted by atomic mass is 10.1. The second kappa shape index (κ2) is 5.31. The second-order valence-corrected chi connectivity index (χ2v) is 8.97. The third-order valence-electron chi connectivity index (χ3n) is 3.53. The van der Waals surface area contributed by atoms with Crippen molar-refractivity contribution in [2.75, 3.05) is 11.5 Å². The maximum absolute atomic E-state index is 12.3. The molecule has 0 saturated carbocycles. The zero-order valence-corrected chi connectivity index (χ0v) is 13.0. The van der Waals surface area contributed by atoms with Crippen LogP contribution in [0.4, 0.5) is 0 Å². The van der Waals surface area contributed by atoms with Crippen molar-refractivity contribution < 1.29 is 26.1 Å². The largest absolute Gasteiger partial charge is 0.389 e. The number of fused-ring (bicyclic) bond motifs is 1. The lowest BCUT2D eigenvalue weighted by molar-refractivity contribution is 0.0780. The van der Waals surface area contributed by atoms with E-state index in [0.29, 0.717) is 0 Å².